The maximum Gasteiger partial charge on any atom is 0.308 e. The molecule has 0 fully saturated rings. The van der Waals surface area contributed by atoms with Gasteiger partial charge >= 0.3 is 5.97 Å². The number of benzene rings is 1. The zero-order valence-electron chi connectivity index (χ0n) is 8.24. The molecule has 1 rings (SSSR count). The highest BCUT2D eigenvalue weighted by molar-refractivity contribution is 7.98. The Morgan fingerprint density at radius 1 is 1.50 bits per heavy atom. The Morgan fingerprint density at radius 3 is 2.71 bits per heavy atom. The summed E-state index contributed by atoms with van der Waals surface area (Å²) in [5.41, 5.74) is 0.952. The average molecular weight is 208 g/mol. The molecule has 0 atom stereocenters. The van der Waals surface area contributed by atoms with Crippen LogP contribution in [0, 0.1) is 0 Å². The van der Waals surface area contributed by atoms with Gasteiger partial charge < -0.3 is 4.74 Å². The van der Waals surface area contributed by atoms with E-state index in [4.69, 9.17) is 4.74 Å². The summed E-state index contributed by atoms with van der Waals surface area (Å²) in [5.74, 6) is 0.262. The molecular formula is C11H12O2S. The van der Waals surface area contributed by atoms with E-state index in [-0.39, 0.29) is 5.97 Å². The van der Waals surface area contributed by atoms with Crippen molar-refractivity contribution in [3.8, 4) is 5.75 Å². The molecule has 3 heteroatoms. The van der Waals surface area contributed by atoms with Crippen molar-refractivity contribution in [1.29, 1.82) is 0 Å². The molecule has 0 aliphatic heterocycles. The van der Waals surface area contributed by atoms with Gasteiger partial charge in [0.25, 0.3) is 0 Å². The molecule has 0 aliphatic rings. The van der Waals surface area contributed by atoms with Crippen molar-refractivity contribution in [3.05, 3.63) is 30.3 Å². The van der Waals surface area contributed by atoms with Crippen molar-refractivity contribution in [2.24, 2.45) is 0 Å². The van der Waals surface area contributed by atoms with E-state index in [9.17, 15) is 4.79 Å². The van der Waals surface area contributed by atoms with Crippen LogP contribution in [0.1, 0.15) is 12.5 Å². The number of thioether (sulfide) groups is 1. The molecule has 0 heterocycles. The minimum Gasteiger partial charge on any atom is -0.427 e. The van der Waals surface area contributed by atoms with E-state index in [0.29, 0.717) is 5.75 Å². The van der Waals surface area contributed by atoms with Crippen molar-refractivity contribution >= 4 is 23.8 Å². The third-order valence-electron chi connectivity index (χ3n) is 1.64. The SMILES string of the molecule is C=Cc1cc(OC(C)=O)cc(SC)c1. The van der Waals surface area contributed by atoms with Crippen LogP contribution >= 0.6 is 11.8 Å². The molecule has 0 spiro atoms. The number of hydrogen-bond donors (Lipinski definition) is 0. The van der Waals surface area contributed by atoms with Crippen LogP contribution in [-0.4, -0.2) is 12.2 Å². The summed E-state index contributed by atoms with van der Waals surface area (Å²) in [6.45, 7) is 5.07. The van der Waals surface area contributed by atoms with E-state index in [0.717, 1.165) is 10.5 Å². The van der Waals surface area contributed by atoms with Crippen molar-refractivity contribution in [2.75, 3.05) is 6.26 Å². The highest BCUT2D eigenvalue weighted by Crippen LogP contribution is 2.24. The molecule has 1 aromatic rings. The number of carbonyl (C=O) groups is 1. The van der Waals surface area contributed by atoms with Crippen LogP contribution in [0.4, 0.5) is 0 Å². The summed E-state index contributed by atoms with van der Waals surface area (Å²) in [6, 6.07) is 5.61. The first kappa shape index (κ1) is 10.9. The minimum absolute atomic E-state index is 0.307. The lowest BCUT2D eigenvalue weighted by atomic mass is 10.2. The van der Waals surface area contributed by atoms with Crippen LogP contribution < -0.4 is 4.74 Å². The van der Waals surface area contributed by atoms with Gasteiger partial charge in [0.2, 0.25) is 0 Å². The van der Waals surface area contributed by atoms with Crippen LogP contribution in [0.15, 0.2) is 29.7 Å². The monoisotopic (exact) mass is 208 g/mol. The average Bonchev–Trinajstić information content (AvgIpc) is 2.16. The summed E-state index contributed by atoms with van der Waals surface area (Å²) in [5, 5.41) is 0. The van der Waals surface area contributed by atoms with E-state index < -0.39 is 0 Å². The number of rotatable bonds is 3. The molecule has 0 saturated heterocycles. The molecule has 0 saturated carbocycles. The lowest BCUT2D eigenvalue weighted by Gasteiger charge is -2.05. The topological polar surface area (TPSA) is 26.3 Å². The lowest BCUT2D eigenvalue weighted by molar-refractivity contribution is -0.131. The highest BCUT2D eigenvalue weighted by atomic mass is 32.2. The van der Waals surface area contributed by atoms with Crippen LogP contribution in [0.2, 0.25) is 0 Å². The zero-order valence-corrected chi connectivity index (χ0v) is 9.06. The fourth-order valence-corrected chi connectivity index (χ4v) is 1.54. The van der Waals surface area contributed by atoms with Gasteiger partial charge in [-0.05, 0) is 30.0 Å². The third kappa shape index (κ3) is 2.92. The number of ether oxygens (including phenoxy) is 1. The molecule has 0 aromatic heterocycles. The summed E-state index contributed by atoms with van der Waals surface area (Å²) in [7, 11) is 0. The molecule has 0 amide bonds. The number of hydrogen-bond acceptors (Lipinski definition) is 3. The van der Waals surface area contributed by atoms with Crippen LogP contribution in [0.25, 0.3) is 6.08 Å². The highest BCUT2D eigenvalue weighted by Gasteiger charge is 2.01. The Bertz CT molecular complexity index is 358. The fraction of sp³-hybridized carbons (Fsp3) is 0.182. The second-order valence-electron chi connectivity index (χ2n) is 2.74. The second-order valence-corrected chi connectivity index (χ2v) is 3.62. The van der Waals surface area contributed by atoms with Crippen LogP contribution in [0.5, 0.6) is 5.75 Å². The zero-order chi connectivity index (χ0) is 10.6. The molecule has 74 valence electrons. The Balaban J connectivity index is 3.03. The van der Waals surface area contributed by atoms with E-state index in [1.165, 1.54) is 6.92 Å². The first-order valence-corrected chi connectivity index (χ1v) is 5.38. The van der Waals surface area contributed by atoms with Gasteiger partial charge in [-0.3, -0.25) is 4.79 Å². The molecule has 2 nitrogen and oxygen atoms in total. The molecule has 14 heavy (non-hydrogen) atoms. The maximum absolute atomic E-state index is 10.8. The van der Waals surface area contributed by atoms with E-state index in [1.54, 1.807) is 23.9 Å². The van der Waals surface area contributed by atoms with Gasteiger partial charge in [0.15, 0.2) is 0 Å². The molecule has 1 aromatic carbocycles. The quantitative estimate of drug-likeness (QED) is 0.434. The maximum atomic E-state index is 10.8. The number of carbonyl (C=O) groups excluding carboxylic acids is 1. The van der Waals surface area contributed by atoms with Crippen molar-refractivity contribution in [3.63, 3.8) is 0 Å². The summed E-state index contributed by atoms with van der Waals surface area (Å²) >= 11 is 1.60. The summed E-state index contributed by atoms with van der Waals surface area (Å²) < 4.78 is 5.00. The van der Waals surface area contributed by atoms with Gasteiger partial charge in [-0.25, -0.2) is 0 Å². The van der Waals surface area contributed by atoms with E-state index in [1.807, 2.05) is 18.4 Å². The first-order chi connectivity index (χ1) is 6.65. The van der Waals surface area contributed by atoms with E-state index in [2.05, 4.69) is 6.58 Å². The predicted molar refractivity (Wildman–Crippen MR) is 59.6 cm³/mol. The molecule has 0 unspecified atom stereocenters. The third-order valence-corrected chi connectivity index (χ3v) is 2.34. The van der Waals surface area contributed by atoms with Crippen molar-refractivity contribution in [1.82, 2.24) is 0 Å². The van der Waals surface area contributed by atoms with Crippen LogP contribution in [-0.2, 0) is 4.79 Å². The van der Waals surface area contributed by atoms with Gasteiger partial charge in [0.1, 0.15) is 5.75 Å². The van der Waals surface area contributed by atoms with Gasteiger partial charge in [-0.2, -0.15) is 0 Å². The largest absolute Gasteiger partial charge is 0.427 e. The Kier molecular flexibility index (Phi) is 3.77. The smallest absolute Gasteiger partial charge is 0.308 e. The first-order valence-electron chi connectivity index (χ1n) is 4.15. The molecule has 0 radical (unpaired) electrons. The van der Waals surface area contributed by atoms with Crippen LogP contribution in [0.3, 0.4) is 0 Å². The van der Waals surface area contributed by atoms with Crippen molar-refractivity contribution < 1.29 is 9.53 Å². The summed E-state index contributed by atoms with van der Waals surface area (Å²) in [4.78, 5) is 11.8. The van der Waals surface area contributed by atoms with Gasteiger partial charge in [0.05, 0.1) is 0 Å². The fourth-order valence-electron chi connectivity index (χ4n) is 1.05. The second kappa shape index (κ2) is 4.86. The molecule has 0 bridgehead atoms. The standard InChI is InChI=1S/C11H12O2S/c1-4-9-5-10(13-8(2)12)7-11(6-9)14-3/h4-7H,1H2,2-3H3. The Hall–Kier alpha value is -1.22. The molecule has 0 N–H and O–H groups in total. The lowest BCUT2D eigenvalue weighted by Crippen LogP contribution is -2.01. The van der Waals surface area contributed by atoms with Gasteiger partial charge in [0, 0.05) is 11.8 Å². The van der Waals surface area contributed by atoms with E-state index >= 15 is 0 Å². The molecular weight excluding hydrogens is 196 g/mol. The number of esters is 1. The minimum atomic E-state index is -0.307. The normalized spacial score (nSPS) is 9.57. The summed E-state index contributed by atoms with van der Waals surface area (Å²) in [6.07, 6.45) is 3.70. The predicted octanol–water partition coefficient (Wildman–Crippen LogP) is 2.98. The Morgan fingerprint density at radius 2 is 2.21 bits per heavy atom. The van der Waals surface area contributed by atoms with Gasteiger partial charge in [-0.1, -0.05) is 12.7 Å². The Labute approximate surface area is 88.0 Å². The van der Waals surface area contributed by atoms with Gasteiger partial charge in [-0.15, -0.1) is 11.8 Å². The van der Waals surface area contributed by atoms with Crippen molar-refractivity contribution in [2.45, 2.75) is 11.8 Å². The molecule has 0 aliphatic carbocycles.